The summed E-state index contributed by atoms with van der Waals surface area (Å²) in [5.41, 5.74) is 4.34. The summed E-state index contributed by atoms with van der Waals surface area (Å²) in [6.45, 7) is 4.99. The number of aryl methyl sites for hydroxylation is 3. The number of hydrogen-bond donors (Lipinski definition) is 1. The summed E-state index contributed by atoms with van der Waals surface area (Å²) in [7, 11) is 0. The fraction of sp³-hybridized carbons (Fsp3) is 0.579. The molecule has 2 aromatic rings. The minimum Gasteiger partial charge on any atom is -0.361 e. The molecule has 1 unspecified atom stereocenters. The maximum atomic E-state index is 12.7. The molecular formula is C19H25N5O2. The topological polar surface area (TPSA) is 84.2 Å². The molecule has 0 saturated carbocycles. The predicted molar refractivity (Wildman–Crippen MR) is 95.6 cm³/mol. The zero-order chi connectivity index (χ0) is 18.1. The number of carbonyl (C=O) groups excluding carboxylic acids is 1. The quantitative estimate of drug-likeness (QED) is 0.915. The first-order valence-corrected chi connectivity index (χ1v) is 9.45. The third-order valence-electron chi connectivity index (χ3n) is 5.34. The number of nitrogens with zero attached hydrogens (tertiary/aromatic N) is 4. The maximum absolute atomic E-state index is 12.7. The lowest BCUT2D eigenvalue weighted by atomic mass is 9.95. The predicted octanol–water partition coefficient (Wildman–Crippen LogP) is 3.01. The van der Waals surface area contributed by atoms with Crippen LogP contribution in [0, 0.1) is 13.8 Å². The highest BCUT2D eigenvalue weighted by Crippen LogP contribution is 2.31. The van der Waals surface area contributed by atoms with E-state index in [4.69, 9.17) is 4.52 Å². The van der Waals surface area contributed by atoms with E-state index in [0.717, 1.165) is 55.1 Å². The van der Waals surface area contributed by atoms with Crippen molar-refractivity contribution in [2.75, 3.05) is 6.54 Å². The van der Waals surface area contributed by atoms with Gasteiger partial charge in [-0.3, -0.25) is 0 Å². The molecule has 7 nitrogen and oxygen atoms in total. The third kappa shape index (κ3) is 3.30. The van der Waals surface area contributed by atoms with Crippen molar-refractivity contribution in [3.05, 3.63) is 40.3 Å². The van der Waals surface area contributed by atoms with E-state index in [1.807, 2.05) is 24.8 Å². The minimum absolute atomic E-state index is 0.0152. The molecule has 2 aliphatic rings. The summed E-state index contributed by atoms with van der Waals surface area (Å²) in [5, 5.41) is 7.07. The van der Waals surface area contributed by atoms with Crippen molar-refractivity contribution in [3.8, 4) is 0 Å². The van der Waals surface area contributed by atoms with Crippen LogP contribution in [0.3, 0.4) is 0 Å². The number of fused-ring (bicyclic) bond motifs is 1. The number of aromatic nitrogens is 3. The van der Waals surface area contributed by atoms with Crippen molar-refractivity contribution < 1.29 is 9.32 Å². The smallest absolute Gasteiger partial charge is 0.318 e. The van der Waals surface area contributed by atoms with E-state index >= 15 is 0 Å². The van der Waals surface area contributed by atoms with E-state index in [1.165, 1.54) is 18.4 Å². The molecule has 0 aromatic carbocycles. The van der Waals surface area contributed by atoms with E-state index in [-0.39, 0.29) is 12.1 Å². The van der Waals surface area contributed by atoms with E-state index in [1.54, 1.807) is 0 Å². The average molecular weight is 355 g/mol. The number of nitrogens with one attached hydrogen (secondary N) is 1. The number of urea groups is 1. The molecule has 3 heterocycles. The van der Waals surface area contributed by atoms with Gasteiger partial charge in [-0.15, -0.1) is 0 Å². The molecule has 2 amide bonds. The summed E-state index contributed by atoms with van der Waals surface area (Å²) in [6, 6.07) is 1.80. The Kier molecular flexibility index (Phi) is 4.61. The Bertz CT molecular complexity index is 816. The number of amides is 2. The van der Waals surface area contributed by atoms with Crippen LogP contribution >= 0.6 is 0 Å². The zero-order valence-electron chi connectivity index (χ0n) is 15.4. The summed E-state index contributed by atoms with van der Waals surface area (Å²) in [6.07, 6.45) is 6.36. The van der Waals surface area contributed by atoms with E-state index in [2.05, 4.69) is 20.4 Å². The van der Waals surface area contributed by atoms with Crippen molar-refractivity contribution >= 4 is 6.03 Å². The van der Waals surface area contributed by atoms with E-state index < -0.39 is 0 Å². The fourth-order valence-electron chi connectivity index (χ4n) is 4.04. The molecule has 1 N–H and O–H groups in total. The maximum Gasteiger partial charge on any atom is 0.318 e. The van der Waals surface area contributed by atoms with Crippen molar-refractivity contribution in [2.24, 2.45) is 0 Å². The second kappa shape index (κ2) is 7.05. The number of likely N-dealkylation sites (tertiary alicyclic amines) is 1. The van der Waals surface area contributed by atoms with E-state index in [0.29, 0.717) is 12.4 Å². The lowest BCUT2D eigenvalue weighted by Gasteiger charge is -2.23. The molecule has 0 spiro atoms. The number of hydrogen-bond acceptors (Lipinski definition) is 5. The highest BCUT2D eigenvalue weighted by atomic mass is 16.5. The first-order valence-electron chi connectivity index (χ1n) is 9.45. The van der Waals surface area contributed by atoms with Crippen LogP contribution in [0.4, 0.5) is 4.79 Å². The van der Waals surface area contributed by atoms with Crippen molar-refractivity contribution in [1.29, 1.82) is 0 Å². The van der Waals surface area contributed by atoms with Gasteiger partial charge >= 0.3 is 6.03 Å². The van der Waals surface area contributed by atoms with Crippen molar-refractivity contribution in [3.63, 3.8) is 0 Å². The van der Waals surface area contributed by atoms with Gasteiger partial charge in [-0.1, -0.05) is 5.16 Å². The van der Waals surface area contributed by atoms with Crippen LogP contribution in [0.15, 0.2) is 10.6 Å². The van der Waals surface area contributed by atoms with Crippen LogP contribution < -0.4 is 5.32 Å². The molecule has 1 aliphatic carbocycles. The molecule has 138 valence electrons. The molecule has 4 rings (SSSR count). The summed E-state index contributed by atoms with van der Waals surface area (Å²) in [5.74, 6) is 1.47. The van der Waals surface area contributed by atoms with Gasteiger partial charge in [-0.05, 0) is 57.9 Å². The zero-order valence-corrected chi connectivity index (χ0v) is 15.4. The summed E-state index contributed by atoms with van der Waals surface area (Å²) >= 11 is 0. The van der Waals surface area contributed by atoms with Gasteiger partial charge in [-0.2, -0.15) is 0 Å². The lowest BCUT2D eigenvalue weighted by Crippen LogP contribution is -2.39. The molecule has 1 saturated heterocycles. The SMILES string of the molecule is Cc1cc(C2CCCN2C(=O)NCc2nc(C)c3c(n2)CCCC3)no1. The number of carbonyl (C=O) groups is 1. The van der Waals surface area contributed by atoms with E-state index in [9.17, 15) is 4.79 Å². The monoisotopic (exact) mass is 355 g/mol. The summed E-state index contributed by atoms with van der Waals surface area (Å²) in [4.78, 5) is 23.8. The first-order chi connectivity index (χ1) is 12.6. The Morgan fingerprint density at radius 2 is 2.12 bits per heavy atom. The molecule has 0 radical (unpaired) electrons. The van der Waals surface area contributed by atoms with Gasteiger partial charge in [-0.25, -0.2) is 14.8 Å². The molecule has 7 heteroatoms. The largest absolute Gasteiger partial charge is 0.361 e. The van der Waals surface area contributed by atoms with Gasteiger partial charge in [0.2, 0.25) is 0 Å². The molecule has 26 heavy (non-hydrogen) atoms. The Balaban J connectivity index is 1.43. The molecule has 1 atom stereocenters. The first kappa shape index (κ1) is 17.0. The van der Waals surface area contributed by atoms with Gasteiger partial charge in [0.25, 0.3) is 0 Å². The van der Waals surface area contributed by atoms with Crippen LogP contribution in [0.25, 0.3) is 0 Å². The van der Waals surface area contributed by atoms with Crippen LogP contribution in [0.1, 0.15) is 66.0 Å². The molecule has 2 aromatic heterocycles. The summed E-state index contributed by atoms with van der Waals surface area (Å²) < 4.78 is 5.17. The van der Waals surface area contributed by atoms with Gasteiger partial charge in [0.05, 0.1) is 12.6 Å². The van der Waals surface area contributed by atoms with Gasteiger partial charge in [0.1, 0.15) is 17.3 Å². The van der Waals surface area contributed by atoms with Crippen LogP contribution in [0.5, 0.6) is 0 Å². The average Bonchev–Trinajstić information content (AvgIpc) is 3.28. The van der Waals surface area contributed by atoms with Gasteiger partial charge < -0.3 is 14.7 Å². The minimum atomic E-state index is -0.0906. The van der Waals surface area contributed by atoms with Gasteiger partial charge in [0.15, 0.2) is 0 Å². The highest BCUT2D eigenvalue weighted by Gasteiger charge is 2.32. The van der Waals surface area contributed by atoms with Gasteiger partial charge in [0, 0.05) is 24.0 Å². The van der Waals surface area contributed by atoms with Crippen molar-refractivity contribution in [2.45, 2.75) is 65.0 Å². The Morgan fingerprint density at radius 3 is 2.92 bits per heavy atom. The normalized spacial score (nSPS) is 19.5. The Hall–Kier alpha value is -2.44. The number of rotatable bonds is 3. The second-order valence-electron chi connectivity index (χ2n) is 7.23. The lowest BCUT2D eigenvalue weighted by molar-refractivity contribution is 0.190. The Morgan fingerprint density at radius 1 is 1.27 bits per heavy atom. The molecular weight excluding hydrogens is 330 g/mol. The fourth-order valence-corrected chi connectivity index (χ4v) is 4.04. The third-order valence-corrected chi connectivity index (χ3v) is 5.34. The Labute approximate surface area is 153 Å². The van der Waals surface area contributed by atoms with Crippen LogP contribution in [-0.2, 0) is 19.4 Å². The highest BCUT2D eigenvalue weighted by molar-refractivity contribution is 5.75. The van der Waals surface area contributed by atoms with Crippen LogP contribution in [-0.4, -0.2) is 32.6 Å². The van der Waals surface area contributed by atoms with Crippen molar-refractivity contribution in [1.82, 2.24) is 25.3 Å². The molecule has 0 bridgehead atoms. The van der Waals surface area contributed by atoms with Crippen LogP contribution in [0.2, 0.25) is 0 Å². The second-order valence-corrected chi connectivity index (χ2v) is 7.23. The standard InChI is InChI=1S/C19H25N5O2/c1-12-10-16(23-26-12)17-8-5-9-24(17)19(25)20-11-18-21-13(2)14-6-3-4-7-15(14)22-18/h10,17H,3-9,11H2,1-2H3,(H,20,25). The molecule has 1 fully saturated rings. The molecule has 1 aliphatic heterocycles.